The molecule has 0 heterocycles. The zero-order valence-corrected chi connectivity index (χ0v) is 8.02. The van der Waals surface area contributed by atoms with E-state index < -0.39 is 23.3 Å². The Morgan fingerprint density at radius 2 is 1.93 bits per heavy atom. The fraction of sp³-hybridized carbons (Fsp3) is 0.400. The summed E-state index contributed by atoms with van der Waals surface area (Å²) in [4.78, 5) is 0. The molecule has 0 radical (unpaired) electrons. The molecule has 14 heavy (non-hydrogen) atoms. The Labute approximate surface area is 80.7 Å². The summed E-state index contributed by atoms with van der Waals surface area (Å²) in [6.07, 6.45) is 0. The van der Waals surface area contributed by atoms with E-state index in [0.717, 1.165) is 6.07 Å². The molecule has 2 N–H and O–H groups in total. The zero-order valence-electron chi connectivity index (χ0n) is 8.02. The van der Waals surface area contributed by atoms with Crippen LogP contribution in [-0.4, -0.2) is 0 Å². The van der Waals surface area contributed by atoms with Crippen LogP contribution in [0.5, 0.6) is 0 Å². The average Bonchev–Trinajstić information content (AvgIpc) is 2.01. The molecule has 0 saturated heterocycles. The maximum Gasteiger partial charge on any atom is 0.273 e. The van der Waals surface area contributed by atoms with E-state index in [1.807, 2.05) is 0 Å². The van der Waals surface area contributed by atoms with Gasteiger partial charge >= 0.3 is 0 Å². The first-order valence-corrected chi connectivity index (χ1v) is 4.26. The molecule has 78 valence electrons. The van der Waals surface area contributed by atoms with E-state index in [0.29, 0.717) is 6.92 Å². The molecule has 4 heteroatoms. The quantitative estimate of drug-likeness (QED) is 0.785. The van der Waals surface area contributed by atoms with Crippen LogP contribution in [0.2, 0.25) is 0 Å². The SMILES string of the molecule is C[C@H](N)c1cccc(C(C)(F)F)c1F. The van der Waals surface area contributed by atoms with Gasteiger partial charge in [-0.15, -0.1) is 0 Å². The molecular formula is C10H12F3N. The maximum absolute atomic E-state index is 13.5. The van der Waals surface area contributed by atoms with Crippen LogP contribution in [0.25, 0.3) is 0 Å². The first-order valence-electron chi connectivity index (χ1n) is 4.26. The van der Waals surface area contributed by atoms with Crippen LogP contribution in [0, 0.1) is 5.82 Å². The molecule has 0 aliphatic rings. The van der Waals surface area contributed by atoms with Gasteiger partial charge in [0.25, 0.3) is 5.92 Å². The average molecular weight is 203 g/mol. The van der Waals surface area contributed by atoms with Gasteiger partial charge in [0.05, 0.1) is 5.56 Å². The van der Waals surface area contributed by atoms with E-state index in [-0.39, 0.29) is 5.56 Å². The number of hydrogen-bond acceptors (Lipinski definition) is 1. The van der Waals surface area contributed by atoms with E-state index in [1.165, 1.54) is 12.1 Å². The van der Waals surface area contributed by atoms with Crippen LogP contribution >= 0.6 is 0 Å². The number of rotatable bonds is 2. The van der Waals surface area contributed by atoms with Gasteiger partial charge in [-0.1, -0.05) is 18.2 Å². The lowest BCUT2D eigenvalue weighted by Crippen LogP contribution is -2.14. The van der Waals surface area contributed by atoms with Gasteiger partial charge in [-0.2, -0.15) is 0 Å². The molecule has 0 bridgehead atoms. The summed E-state index contributed by atoms with van der Waals surface area (Å²) in [5.41, 5.74) is 4.95. The van der Waals surface area contributed by atoms with Gasteiger partial charge in [-0.3, -0.25) is 0 Å². The predicted octanol–water partition coefficient (Wildman–Crippen LogP) is 2.96. The molecule has 0 aromatic heterocycles. The van der Waals surface area contributed by atoms with Crippen LogP contribution in [0.1, 0.15) is 31.0 Å². The van der Waals surface area contributed by atoms with Crippen molar-refractivity contribution in [1.29, 1.82) is 0 Å². The number of hydrogen-bond donors (Lipinski definition) is 1. The molecule has 1 rings (SSSR count). The summed E-state index contributed by atoms with van der Waals surface area (Å²) >= 11 is 0. The second kappa shape index (κ2) is 3.61. The number of nitrogens with two attached hydrogens (primary N) is 1. The summed E-state index contributed by atoms with van der Waals surface area (Å²) in [6, 6.07) is 3.28. The van der Waals surface area contributed by atoms with Crippen LogP contribution in [0.3, 0.4) is 0 Å². The zero-order chi connectivity index (χ0) is 10.9. The maximum atomic E-state index is 13.5. The lowest BCUT2D eigenvalue weighted by molar-refractivity contribution is 0.0135. The third kappa shape index (κ3) is 2.07. The van der Waals surface area contributed by atoms with Gasteiger partial charge in [0.2, 0.25) is 0 Å². The van der Waals surface area contributed by atoms with Gasteiger partial charge < -0.3 is 5.73 Å². The van der Waals surface area contributed by atoms with Crippen molar-refractivity contribution in [3.05, 3.63) is 35.1 Å². The molecule has 0 fully saturated rings. The highest BCUT2D eigenvalue weighted by atomic mass is 19.3. The highest BCUT2D eigenvalue weighted by Crippen LogP contribution is 2.31. The molecule has 0 spiro atoms. The molecule has 0 aliphatic heterocycles. The monoisotopic (exact) mass is 203 g/mol. The molecule has 1 aromatic rings. The van der Waals surface area contributed by atoms with Crippen LogP contribution in [0.4, 0.5) is 13.2 Å². The Hall–Kier alpha value is -1.03. The highest BCUT2D eigenvalue weighted by molar-refractivity contribution is 5.30. The standard InChI is InChI=1S/C10H12F3N/c1-6(14)7-4-3-5-8(9(7)11)10(2,12)13/h3-6H,14H2,1-2H3/t6-/m0/s1. The Bertz CT molecular complexity index is 329. The summed E-state index contributed by atoms with van der Waals surface area (Å²) < 4.78 is 39.2. The number of halogens is 3. The first-order chi connectivity index (χ1) is 6.34. The van der Waals surface area contributed by atoms with Crippen LogP contribution in [-0.2, 0) is 5.92 Å². The summed E-state index contributed by atoms with van der Waals surface area (Å²) in [7, 11) is 0. The van der Waals surface area contributed by atoms with Crippen molar-refractivity contribution in [2.75, 3.05) is 0 Å². The largest absolute Gasteiger partial charge is 0.324 e. The number of alkyl halides is 2. The highest BCUT2D eigenvalue weighted by Gasteiger charge is 2.29. The van der Waals surface area contributed by atoms with Gasteiger partial charge in [0.15, 0.2) is 0 Å². The minimum atomic E-state index is -3.17. The normalized spacial score (nSPS) is 14.1. The van der Waals surface area contributed by atoms with Crippen molar-refractivity contribution in [2.45, 2.75) is 25.8 Å². The molecule has 0 aliphatic carbocycles. The van der Waals surface area contributed by atoms with E-state index in [4.69, 9.17) is 5.73 Å². The van der Waals surface area contributed by atoms with Gasteiger partial charge in [0, 0.05) is 18.5 Å². The van der Waals surface area contributed by atoms with Crippen LogP contribution < -0.4 is 5.73 Å². The minimum Gasteiger partial charge on any atom is -0.324 e. The van der Waals surface area contributed by atoms with E-state index in [1.54, 1.807) is 6.92 Å². The van der Waals surface area contributed by atoms with E-state index in [2.05, 4.69) is 0 Å². The molecule has 0 unspecified atom stereocenters. The molecule has 1 nitrogen and oxygen atoms in total. The molecule has 1 atom stereocenters. The van der Waals surface area contributed by atoms with Crippen LogP contribution in [0.15, 0.2) is 18.2 Å². The Balaban J connectivity index is 3.28. The van der Waals surface area contributed by atoms with Crippen molar-refractivity contribution < 1.29 is 13.2 Å². The molecular weight excluding hydrogens is 191 g/mol. The van der Waals surface area contributed by atoms with Gasteiger partial charge in [0.1, 0.15) is 5.82 Å². The minimum absolute atomic E-state index is 0.115. The van der Waals surface area contributed by atoms with Crippen molar-refractivity contribution in [1.82, 2.24) is 0 Å². The van der Waals surface area contributed by atoms with Crippen molar-refractivity contribution in [2.24, 2.45) is 5.73 Å². The Morgan fingerprint density at radius 3 is 2.36 bits per heavy atom. The predicted molar refractivity (Wildman–Crippen MR) is 48.6 cm³/mol. The van der Waals surface area contributed by atoms with Crippen molar-refractivity contribution in [3.63, 3.8) is 0 Å². The van der Waals surface area contributed by atoms with E-state index >= 15 is 0 Å². The molecule has 0 saturated carbocycles. The summed E-state index contributed by atoms with van der Waals surface area (Å²) in [5.74, 6) is -4.08. The smallest absolute Gasteiger partial charge is 0.273 e. The van der Waals surface area contributed by atoms with Gasteiger partial charge in [-0.05, 0) is 6.92 Å². The second-order valence-corrected chi connectivity index (χ2v) is 3.39. The third-order valence-corrected chi connectivity index (χ3v) is 1.99. The first kappa shape index (κ1) is 11.0. The Morgan fingerprint density at radius 1 is 1.36 bits per heavy atom. The summed E-state index contributed by atoms with van der Waals surface area (Å²) in [5, 5.41) is 0. The third-order valence-electron chi connectivity index (χ3n) is 1.99. The van der Waals surface area contributed by atoms with Gasteiger partial charge in [-0.25, -0.2) is 13.2 Å². The molecule has 0 amide bonds. The van der Waals surface area contributed by atoms with E-state index in [9.17, 15) is 13.2 Å². The lowest BCUT2D eigenvalue weighted by Gasteiger charge is -2.15. The summed E-state index contributed by atoms with van der Waals surface area (Å²) in [6.45, 7) is 2.21. The number of benzene rings is 1. The second-order valence-electron chi connectivity index (χ2n) is 3.39. The fourth-order valence-corrected chi connectivity index (χ4v) is 1.24. The fourth-order valence-electron chi connectivity index (χ4n) is 1.24. The topological polar surface area (TPSA) is 26.0 Å². The van der Waals surface area contributed by atoms with Crippen molar-refractivity contribution >= 4 is 0 Å². The van der Waals surface area contributed by atoms with Crippen molar-refractivity contribution in [3.8, 4) is 0 Å². The lowest BCUT2D eigenvalue weighted by atomic mass is 10.0. The Kier molecular flexibility index (Phi) is 2.85. The molecule has 1 aromatic carbocycles.